The lowest BCUT2D eigenvalue weighted by Crippen LogP contribution is -2.37. The number of nitrogens with two attached hydrogens (primary N) is 1. The Morgan fingerprint density at radius 2 is 1.84 bits per heavy atom. The molecule has 1 saturated heterocycles. The molecule has 102 valence electrons. The van der Waals surface area contributed by atoms with E-state index in [9.17, 15) is 4.79 Å². The van der Waals surface area contributed by atoms with Crippen molar-refractivity contribution in [3.8, 4) is 0 Å². The predicted octanol–water partition coefficient (Wildman–Crippen LogP) is 2.29. The van der Waals surface area contributed by atoms with E-state index in [2.05, 4.69) is 6.07 Å². The summed E-state index contributed by atoms with van der Waals surface area (Å²) >= 11 is 0. The minimum Gasteiger partial charge on any atom is -0.326 e. The van der Waals surface area contributed by atoms with E-state index in [-0.39, 0.29) is 11.6 Å². The van der Waals surface area contributed by atoms with Crippen molar-refractivity contribution in [3.63, 3.8) is 0 Å². The molecule has 0 radical (unpaired) electrons. The first-order chi connectivity index (χ1) is 9.12. The third-order valence-electron chi connectivity index (χ3n) is 4.44. The quantitative estimate of drug-likeness (QED) is 0.886. The number of benzene rings is 1. The molecule has 2 amide bonds. The second-order valence-electron chi connectivity index (χ2n) is 5.74. The SMILES string of the molecule is CN1CCN(c2ccccc2C2(N)CCCC2)C1=O. The van der Waals surface area contributed by atoms with E-state index in [1.807, 2.05) is 30.1 Å². The number of carbonyl (C=O) groups is 1. The molecule has 1 heterocycles. The zero-order chi connectivity index (χ0) is 13.5. The highest BCUT2D eigenvalue weighted by molar-refractivity contribution is 5.94. The van der Waals surface area contributed by atoms with Gasteiger partial charge >= 0.3 is 6.03 Å². The van der Waals surface area contributed by atoms with Crippen LogP contribution in [0.1, 0.15) is 31.2 Å². The fourth-order valence-corrected chi connectivity index (χ4v) is 3.28. The van der Waals surface area contributed by atoms with E-state index < -0.39 is 0 Å². The number of amides is 2. The zero-order valence-corrected chi connectivity index (χ0v) is 11.4. The standard InChI is InChI=1S/C15H21N3O/c1-17-10-11-18(14(17)19)13-7-3-2-6-12(13)15(16)8-4-5-9-15/h2-3,6-7H,4-5,8-11,16H2,1H3. The molecule has 0 atom stereocenters. The van der Waals surface area contributed by atoms with Crippen molar-refractivity contribution in [1.29, 1.82) is 0 Å². The monoisotopic (exact) mass is 259 g/mol. The molecular formula is C15H21N3O. The third-order valence-corrected chi connectivity index (χ3v) is 4.44. The fraction of sp³-hybridized carbons (Fsp3) is 0.533. The summed E-state index contributed by atoms with van der Waals surface area (Å²) in [7, 11) is 1.85. The van der Waals surface area contributed by atoms with Gasteiger partial charge in [-0.15, -0.1) is 0 Å². The minimum absolute atomic E-state index is 0.0778. The summed E-state index contributed by atoms with van der Waals surface area (Å²) in [5.74, 6) is 0. The summed E-state index contributed by atoms with van der Waals surface area (Å²) in [6.45, 7) is 1.53. The summed E-state index contributed by atoms with van der Waals surface area (Å²) in [4.78, 5) is 15.8. The molecule has 1 aliphatic heterocycles. The molecule has 1 aromatic rings. The van der Waals surface area contributed by atoms with Crippen LogP contribution in [-0.2, 0) is 5.54 Å². The van der Waals surface area contributed by atoms with E-state index >= 15 is 0 Å². The Kier molecular flexibility index (Phi) is 2.97. The molecule has 0 spiro atoms. The van der Waals surface area contributed by atoms with Gasteiger partial charge in [0.05, 0.1) is 5.69 Å². The van der Waals surface area contributed by atoms with Crippen molar-refractivity contribution >= 4 is 11.7 Å². The summed E-state index contributed by atoms with van der Waals surface area (Å²) in [5, 5.41) is 0. The highest BCUT2D eigenvalue weighted by Crippen LogP contribution is 2.41. The largest absolute Gasteiger partial charge is 0.326 e. The number of anilines is 1. The number of urea groups is 1. The van der Waals surface area contributed by atoms with E-state index in [0.29, 0.717) is 0 Å². The molecule has 1 aromatic carbocycles. The number of nitrogens with zero attached hydrogens (tertiary/aromatic N) is 2. The van der Waals surface area contributed by atoms with Crippen molar-refractivity contribution < 1.29 is 4.79 Å². The van der Waals surface area contributed by atoms with Crippen LogP contribution in [0.3, 0.4) is 0 Å². The zero-order valence-electron chi connectivity index (χ0n) is 11.4. The van der Waals surface area contributed by atoms with E-state index in [4.69, 9.17) is 5.73 Å². The highest BCUT2D eigenvalue weighted by atomic mass is 16.2. The van der Waals surface area contributed by atoms with Crippen LogP contribution in [0, 0.1) is 0 Å². The Labute approximate surface area is 114 Å². The van der Waals surface area contributed by atoms with Crippen LogP contribution in [0.4, 0.5) is 10.5 Å². The van der Waals surface area contributed by atoms with Crippen LogP contribution < -0.4 is 10.6 Å². The Bertz CT molecular complexity index is 494. The van der Waals surface area contributed by atoms with Crippen molar-refractivity contribution in [3.05, 3.63) is 29.8 Å². The van der Waals surface area contributed by atoms with Crippen molar-refractivity contribution in [2.45, 2.75) is 31.2 Å². The summed E-state index contributed by atoms with van der Waals surface area (Å²) in [6, 6.07) is 8.21. The molecule has 0 bridgehead atoms. The van der Waals surface area contributed by atoms with Gasteiger partial charge < -0.3 is 10.6 Å². The number of para-hydroxylation sites is 1. The summed E-state index contributed by atoms with van der Waals surface area (Å²) in [5.41, 5.74) is 8.46. The molecule has 4 heteroatoms. The van der Waals surface area contributed by atoms with E-state index in [0.717, 1.165) is 37.2 Å². The van der Waals surface area contributed by atoms with Crippen LogP contribution in [0.2, 0.25) is 0 Å². The lowest BCUT2D eigenvalue weighted by molar-refractivity contribution is 0.229. The lowest BCUT2D eigenvalue weighted by Gasteiger charge is -2.30. The molecule has 2 fully saturated rings. The molecule has 0 unspecified atom stereocenters. The third kappa shape index (κ3) is 2.00. The number of hydrogen-bond acceptors (Lipinski definition) is 2. The second-order valence-corrected chi connectivity index (χ2v) is 5.74. The molecule has 0 aromatic heterocycles. The first kappa shape index (κ1) is 12.5. The molecular weight excluding hydrogens is 238 g/mol. The normalized spacial score (nSPS) is 22.3. The molecule has 2 N–H and O–H groups in total. The first-order valence-corrected chi connectivity index (χ1v) is 7.03. The molecule has 1 saturated carbocycles. The topological polar surface area (TPSA) is 49.6 Å². The van der Waals surface area contributed by atoms with E-state index in [1.165, 1.54) is 12.8 Å². The first-order valence-electron chi connectivity index (χ1n) is 7.03. The lowest BCUT2D eigenvalue weighted by atomic mass is 9.88. The highest BCUT2D eigenvalue weighted by Gasteiger charge is 2.36. The maximum Gasteiger partial charge on any atom is 0.324 e. The van der Waals surface area contributed by atoms with Crippen LogP contribution in [0.5, 0.6) is 0 Å². The van der Waals surface area contributed by atoms with E-state index in [1.54, 1.807) is 4.90 Å². The maximum absolute atomic E-state index is 12.2. The molecule has 2 aliphatic rings. The van der Waals surface area contributed by atoms with Gasteiger partial charge in [-0.3, -0.25) is 4.90 Å². The average molecular weight is 259 g/mol. The van der Waals surface area contributed by atoms with Gasteiger partial charge in [-0.2, -0.15) is 0 Å². The summed E-state index contributed by atoms with van der Waals surface area (Å²) in [6.07, 6.45) is 4.39. The number of rotatable bonds is 2. The van der Waals surface area contributed by atoms with Crippen molar-refractivity contribution in [2.75, 3.05) is 25.0 Å². The Morgan fingerprint density at radius 1 is 1.16 bits per heavy atom. The van der Waals surface area contributed by atoms with Gasteiger partial charge in [0.1, 0.15) is 0 Å². The minimum atomic E-state index is -0.252. The van der Waals surface area contributed by atoms with Gasteiger partial charge in [0.15, 0.2) is 0 Å². The number of likely N-dealkylation sites (N-methyl/N-ethyl adjacent to an activating group) is 1. The van der Waals surface area contributed by atoms with Gasteiger partial charge in [0.2, 0.25) is 0 Å². The average Bonchev–Trinajstić information content (AvgIpc) is 2.99. The number of hydrogen-bond donors (Lipinski definition) is 1. The van der Waals surface area contributed by atoms with Crippen LogP contribution in [0.15, 0.2) is 24.3 Å². The Balaban J connectivity index is 2.00. The van der Waals surface area contributed by atoms with Gasteiger partial charge in [-0.1, -0.05) is 31.0 Å². The van der Waals surface area contributed by atoms with Crippen molar-refractivity contribution in [2.24, 2.45) is 5.73 Å². The molecule has 3 rings (SSSR count). The maximum atomic E-state index is 12.2. The van der Waals surface area contributed by atoms with Gasteiger partial charge in [0, 0.05) is 25.7 Å². The fourth-order valence-electron chi connectivity index (χ4n) is 3.28. The van der Waals surface area contributed by atoms with Gasteiger partial charge in [0.25, 0.3) is 0 Å². The van der Waals surface area contributed by atoms with Crippen molar-refractivity contribution in [1.82, 2.24) is 4.90 Å². The Hall–Kier alpha value is -1.55. The second kappa shape index (κ2) is 4.53. The molecule has 4 nitrogen and oxygen atoms in total. The van der Waals surface area contributed by atoms with Crippen LogP contribution >= 0.6 is 0 Å². The smallest absolute Gasteiger partial charge is 0.324 e. The Morgan fingerprint density at radius 3 is 2.47 bits per heavy atom. The molecule has 1 aliphatic carbocycles. The van der Waals surface area contributed by atoms with Gasteiger partial charge in [-0.25, -0.2) is 4.79 Å². The van der Waals surface area contributed by atoms with Crippen LogP contribution in [0.25, 0.3) is 0 Å². The van der Waals surface area contributed by atoms with Gasteiger partial charge in [-0.05, 0) is 24.5 Å². The molecule has 19 heavy (non-hydrogen) atoms. The predicted molar refractivity (Wildman–Crippen MR) is 76.1 cm³/mol. The number of carbonyl (C=O) groups excluding carboxylic acids is 1. The van der Waals surface area contributed by atoms with Crippen LogP contribution in [-0.4, -0.2) is 31.1 Å². The summed E-state index contributed by atoms with van der Waals surface area (Å²) < 4.78 is 0.